The van der Waals surface area contributed by atoms with E-state index in [1.54, 1.807) is 0 Å². The topological polar surface area (TPSA) is 37.8 Å². The van der Waals surface area contributed by atoms with Gasteiger partial charge in [-0.3, -0.25) is 14.6 Å². The number of aryl methyl sites for hydroxylation is 2. The van der Waals surface area contributed by atoms with E-state index in [1.165, 1.54) is 5.56 Å². The molecule has 1 heterocycles. The van der Waals surface area contributed by atoms with Crippen molar-refractivity contribution in [3.63, 3.8) is 0 Å². The van der Waals surface area contributed by atoms with Crippen molar-refractivity contribution >= 4 is 0 Å². The van der Waals surface area contributed by atoms with Gasteiger partial charge in [0, 0.05) is 5.56 Å². The Morgan fingerprint density at radius 3 is 2.12 bits per heavy atom. The molecule has 0 saturated carbocycles. The summed E-state index contributed by atoms with van der Waals surface area (Å²) in [4.78, 5) is 12.7. The van der Waals surface area contributed by atoms with E-state index >= 15 is 0 Å². The molecule has 0 amide bonds. The van der Waals surface area contributed by atoms with E-state index in [0.717, 1.165) is 28.1 Å². The normalized spacial score (nSPS) is 11.7. The van der Waals surface area contributed by atoms with Crippen molar-refractivity contribution in [3.8, 4) is 16.9 Å². The van der Waals surface area contributed by atoms with Crippen LogP contribution in [0.4, 0.5) is 0 Å². The second-order valence-corrected chi connectivity index (χ2v) is 7.46. The molecular formula is C21H24N2O. The summed E-state index contributed by atoms with van der Waals surface area (Å²) >= 11 is 0. The van der Waals surface area contributed by atoms with Crippen LogP contribution in [0.25, 0.3) is 16.9 Å². The molecule has 0 bridgehead atoms. The first-order chi connectivity index (χ1) is 11.3. The highest BCUT2D eigenvalue weighted by Crippen LogP contribution is 2.32. The summed E-state index contributed by atoms with van der Waals surface area (Å²) in [6.45, 7) is 10.4. The average Bonchev–Trinajstić information content (AvgIpc) is 2.85. The minimum absolute atomic E-state index is 0.0273. The Hall–Kier alpha value is -2.55. The molecule has 0 fully saturated rings. The number of nitrogens with zero attached hydrogens (tertiary/aromatic N) is 1. The molecule has 0 atom stereocenters. The van der Waals surface area contributed by atoms with Gasteiger partial charge in [0.2, 0.25) is 0 Å². The van der Waals surface area contributed by atoms with Crippen molar-refractivity contribution in [2.45, 2.75) is 40.0 Å². The first-order valence-corrected chi connectivity index (χ1v) is 8.27. The molecule has 3 aromatic rings. The second kappa shape index (κ2) is 5.82. The lowest BCUT2D eigenvalue weighted by Gasteiger charge is -2.19. The number of aromatic amines is 1. The molecule has 0 spiro atoms. The molecule has 3 rings (SSSR count). The van der Waals surface area contributed by atoms with Gasteiger partial charge in [-0.05, 0) is 43.0 Å². The maximum Gasteiger partial charge on any atom is 0.268 e. The molecule has 0 aliphatic rings. The monoisotopic (exact) mass is 320 g/mol. The van der Waals surface area contributed by atoms with Gasteiger partial charge in [-0.2, -0.15) is 0 Å². The van der Waals surface area contributed by atoms with Crippen LogP contribution in [0.1, 0.15) is 37.5 Å². The molecule has 0 saturated heterocycles. The third-order valence-corrected chi connectivity index (χ3v) is 4.20. The molecule has 1 N–H and O–H groups in total. The third kappa shape index (κ3) is 2.94. The van der Waals surface area contributed by atoms with Crippen LogP contribution in [0.3, 0.4) is 0 Å². The quantitative estimate of drug-likeness (QED) is 0.727. The Morgan fingerprint density at radius 1 is 0.917 bits per heavy atom. The average molecular weight is 320 g/mol. The van der Waals surface area contributed by atoms with E-state index in [4.69, 9.17) is 0 Å². The molecule has 24 heavy (non-hydrogen) atoms. The lowest BCUT2D eigenvalue weighted by atomic mass is 9.85. The highest BCUT2D eigenvalue weighted by Gasteiger charge is 2.27. The van der Waals surface area contributed by atoms with Crippen molar-refractivity contribution in [1.82, 2.24) is 9.78 Å². The van der Waals surface area contributed by atoms with Gasteiger partial charge in [0.15, 0.2) is 0 Å². The molecule has 0 radical (unpaired) electrons. The predicted molar refractivity (Wildman–Crippen MR) is 100.0 cm³/mol. The molecule has 0 unspecified atom stereocenters. The lowest BCUT2D eigenvalue weighted by Crippen LogP contribution is -2.21. The summed E-state index contributed by atoms with van der Waals surface area (Å²) in [6, 6.07) is 16.5. The van der Waals surface area contributed by atoms with Crippen LogP contribution in [0, 0.1) is 13.8 Å². The molecule has 1 aromatic heterocycles. The smallest absolute Gasteiger partial charge is 0.268 e. The first-order valence-electron chi connectivity index (χ1n) is 8.27. The fourth-order valence-electron chi connectivity index (χ4n) is 3.15. The van der Waals surface area contributed by atoms with Crippen LogP contribution in [0.2, 0.25) is 0 Å². The van der Waals surface area contributed by atoms with Crippen molar-refractivity contribution in [2.24, 2.45) is 0 Å². The molecular weight excluding hydrogens is 296 g/mol. The number of rotatable bonds is 2. The van der Waals surface area contributed by atoms with E-state index in [-0.39, 0.29) is 11.0 Å². The maximum absolute atomic E-state index is 12.7. The van der Waals surface area contributed by atoms with Gasteiger partial charge in [0.1, 0.15) is 0 Å². The highest BCUT2D eigenvalue weighted by molar-refractivity contribution is 5.68. The van der Waals surface area contributed by atoms with Crippen LogP contribution in [-0.2, 0) is 5.41 Å². The van der Waals surface area contributed by atoms with Gasteiger partial charge in [0.25, 0.3) is 5.56 Å². The van der Waals surface area contributed by atoms with Crippen molar-refractivity contribution < 1.29 is 0 Å². The first kappa shape index (κ1) is 16.3. The fraction of sp³-hybridized carbons (Fsp3) is 0.286. The van der Waals surface area contributed by atoms with E-state index in [1.807, 2.05) is 22.9 Å². The molecule has 3 heteroatoms. The number of aromatic nitrogens is 2. The number of H-pyrrole nitrogens is 1. The van der Waals surface area contributed by atoms with Crippen LogP contribution in [0.15, 0.2) is 53.3 Å². The lowest BCUT2D eigenvalue weighted by molar-refractivity contribution is 0.587. The molecule has 0 aliphatic carbocycles. The zero-order valence-electron chi connectivity index (χ0n) is 15.0. The highest BCUT2D eigenvalue weighted by atomic mass is 16.1. The molecule has 0 aliphatic heterocycles. The van der Waals surface area contributed by atoms with Crippen LogP contribution >= 0.6 is 0 Å². The van der Waals surface area contributed by atoms with Gasteiger partial charge in [-0.25, -0.2) is 0 Å². The van der Waals surface area contributed by atoms with Crippen LogP contribution in [0.5, 0.6) is 0 Å². The van der Waals surface area contributed by atoms with Gasteiger partial charge < -0.3 is 0 Å². The summed E-state index contributed by atoms with van der Waals surface area (Å²) in [5.74, 6) is 0. The minimum Gasteiger partial charge on any atom is -0.268 e. The Labute approximate surface area is 143 Å². The van der Waals surface area contributed by atoms with E-state index in [2.05, 4.69) is 70.0 Å². The Bertz CT molecular complexity index is 939. The third-order valence-electron chi connectivity index (χ3n) is 4.20. The summed E-state index contributed by atoms with van der Waals surface area (Å²) in [5.41, 5.74) is 5.85. The second-order valence-electron chi connectivity index (χ2n) is 7.46. The van der Waals surface area contributed by atoms with Gasteiger partial charge in [-0.1, -0.05) is 56.7 Å². The van der Waals surface area contributed by atoms with Gasteiger partial charge >= 0.3 is 0 Å². The summed E-state index contributed by atoms with van der Waals surface area (Å²) < 4.78 is 1.92. The summed E-state index contributed by atoms with van der Waals surface area (Å²) in [5, 5.41) is 3.04. The molecule has 3 nitrogen and oxygen atoms in total. The SMILES string of the molecule is Cc1cccc(-c2c(C(C)(C)C)c(=O)[nH]n2-c2cccc(C)c2)c1. The molecule has 2 aromatic carbocycles. The number of nitrogens with one attached hydrogen (secondary N) is 1. The van der Waals surface area contributed by atoms with Crippen molar-refractivity contribution in [3.05, 3.63) is 75.6 Å². The summed E-state index contributed by atoms with van der Waals surface area (Å²) in [7, 11) is 0. The Morgan fingerprint density at radius 2 is 1.54 bits per heavy atom. The predicted octanol–water partition coefficient (Wildman–Crippen LogP) is 4.75. The minimum atomic E-state index is -0.248. The number of benzene rings is 2. The molecule has 124 valence electrons. The van der Waals surface area contributed by atoms with Gasteiger partial charge in [-0.15, -0.1) is 0 Å². The van der Waals surface area contributed by atoms with Crippen molar-refractivity contribution in [1.29, 1.82) is 0 Å². The Kier molecular flexibility index (Phi) is 3.96. The zero-order valence-corrected chi connectivity index (χ0v) is 15.0. The van der Waals surface area contributed by atoms with E-state index in [9.17, 15) is 4.79 Å². The number of hydrogen-bond acceptors (Lipinski definition) is 1. The van der Waals surface area contributed by atoms with E-state index in [0.29, 0.717) is 0 Å². The van der Waals surface area contributed by atoms with Crippen LogP contribution < -0.4 is 5.56 Å². The van der Waals surface area contributed by atoms with Gasteiger partial charge in [0.05, 0.1) is 16.9 Å². The fourth-order valence-corrected chi connectivity index (χ4v) is 3.15. The maximum atomic E-state index is 12.7. The van der Waals surface area contributed by atoms with E-state index < -0.39 is 0 Å². The summed E-state index contributed by atoms with van der Waals surface area (Å²) in [6.07, 6.45) is 0. The number of hydrogen-bond donors (Lipinski definition) is 1. The standard InChI is InChI=1S/C21H24N2O/c1-14-8-6-10-16(12-14)19-18(21(3,4)5)20(24)22-23(19)17-11-7-9-15(2)13-17/h6-13H,1-5H3,(H,22,24). The Balaban J connectivity index is 2.37. The van der Waals surface area contributed by atoms with Crippen LogP contribution in [-0.4, -0.2) is 9.78 Å². The zero-order chi connectivity index (χ0) is 17.5. The largest absolute Gasteiger partial charge is 0.268 e. The van der Waals surface area contributed by atoms with Crippen molar-refractivity contribution in [2.75, 3.05) is 0 Å².